The molecule has 0 atom stereocenters. The summed E-state index contributed by atoms with van der Waals surface area (Å²) < 4.78 is 29.2. The summed E-state index contributed by atoms with van der Waals surface area (Å²) in [5, 5.41) is 0. The molecule has 1 saturated heterocycles. The van der Waals surface area contributed by atoms with Gasteiger partial charge >= 0.3 is 6.09 Å². The van der Waals surface area contributed by atoms with E-state index in [0.717, 1.165) is 49.3 Å². The molecular formula is C45H48FN5O3. The quantitative estimate of drug-likeness (QED) is 0.125. The summed E-state index contributed by atoms with van der Waals surface area (Å²) in [6, 6.07) is 42.1. The van der Waals surface area contributed by atoms with Crippen molar-refractivity contribution >= 4 is 22.8 Å². The Morgan fingerprint density at radius 3 is 2.06 bits per heavy atom. The van der Waals surface area contributed by atoms with E-state index in [1.165, 1.54) is 34.5 Å². The first-order chi connectivity index (χ1) is 26.2. The van der Waals surface area contributed by atoms with Crippen molar-refractivity contribution < 1.29 is 18.7 Å². The van der Waals surface area contributed by atoms with Gasteiger partial charge < -0.3 is 23.5 Å². The topological polar surface area (TPSA) is 64.2 Å². The summed E-state index contributed by atoms with van der Waals surface area (Å²) in [7, 11) is 0. The number of ether oxygens (including phenoxy) is 2. The zero-order valence-corrected chi connectivity index (χ0v) is 31.3. The maximum Gasteiger partial charge on any atom is 0.437 e. The first-order valence-electron chi connectivity index (χ1n) is 18.7. The van der Waals surface area contributed by atoms with Gasteiger partial charge in [-0.1, -0.05) is 84.9 Å². The van der Waals surface area contributed by atoms with Crippen molar-refractivity contribution in [3.63, 3.8) is 0 Å². The van der Waals surface area contributed by atoms with Crippen LogP contribution < -0.4 is 15.3 Å². The Morgan fingerprint density at radius 1 is 0.704 bits per heavy atom. The zero-order valence-electron chi connectivity index (χ0n) is 31.3. The van der Waals surface area contributed by atoms with Crippen molar-refractivity contribution in [2.24, 2.45) is 4.99 Å². The highest BCUT2D eigenvalue weighted by molar-refractivity contribution is 5.77. The van der Waals surface area contributed by atoms with Gasteiger partial charge in [0.25, 0.3) is 0 Å². The molecule has 5 aromatic carbocycles. The lowest BCUT2D eigenvalue weighted by Crippen LogP contribution is -2.46. The maximum absolute atomic E-state index is 13.4. The largest absolute Gasteiger partial charge is 0.494 e. The van der Waals surface area contributed by atoms with Crippen LogP contribution in [0.4, 0.5) is 14.9 Å². The van der Waals surface area contributed by atoms with Gasteiger partial charge in [-0.05, 0) is 91.9 Å². The average molecular weight is 726 g/mol. The van der Waals surface area contributed by atoms with Crippen molar-refractivity contribution in [2.45, 2.75) is 52.4 Å². The predicted molar refractivity (Wildman–Crippen MR) is 213 cm³/mol. The lowest BCUT2D eigenvalue weighted by molar-refractivity contribution is 0.0593. The number of piperazine rings is 1. The molecule has 1 aliphatic heterocycles. The third-order valence-electron chi connectivity index (χ3n) is 9.67. The normalized spacial score (nSPS) is 14.1. The first-order valence-corrected chi connectivity index (χ1v) is 18.7. The molecule has 8 nitrogen and oxygen atoms in total. The Kier molecular flexibility index (Phi) is 11.2. The molecular weight excluding hydrogens is 678 g/mol. The fourth-order valence-electron chi connectivity index (χ4n) is 7.16. The Labute approximate surface area is 316 Å². The van der Waals surface area contributed by atoms with Gasteiger partial charge in [0.15, 0.2) is 0 Å². The van der Waals surface area contributed by atoms with E-state index in [-0.39, 0.29) is 5.82 Å². The van der Waals surface area contributed by atoms with Crippen LogP contribution in [0.25, 0.3) is 22.2 Å². The first kappa shape index (κ1) is 36.7. The number of carbonyl (C=O) groups excluding carboxylic acids is 1. The molecule has 7 rings (SSSR count). The second kappa shape index (κ2) is 16.6. The van der Waals surface area contributed by atoms with E-state index in [2.05, 4.69) is 115 Å². The van der Waals surface area contributed by atoms with E-state index in [0.29, 0.717) is 37.5 Å². The van der Waals surface area contributed by atoms with Gasteiger partial charge in [0.1, 0.15) is 17.2 Å². The summed E-state index contributed by atoms with van der Waals surface area (Å²) in [5.41, 5.74) is 7.96. The van der Waals surface area contributed by atoms with Gasteiger partial charge in [0.2, 0.25) is 5.62 Å². The number of aryl methyl sites for hydroxylation is 1. The van der Waals surface area contributed by atoms with Crippen molar-refractivity contribution in [1.29, 1.82) is 0 Å². The summed E-state index contributed by atoms with van der Waals surface area (Å²) in [6.07, 6.45) is 0.00458. The molecule has 0 unspecified atom stereocenters. The molecule has 1 aromatic heterocycles. The number of amides is 1. The van der Waals surface area contributed by atoms with Crippen LogP contribution in [-0.4, -0.2) is 58.5 Å². The lowest BCUT2D eigenvalue weighted by Gasteiger charge is -2.37. The fraction of sp³-hybridized carbons (Fsp3) is 0.289. The molecule has 0 bridgehead atoms. The predicted octanol–water partition coefficient (Wildman–Crippen LogP) is 8.92. The number of hydrogen-bond donors (Lipinski definition) is 0. The Morgan fingerprint density at radius 2 is 1.33 bits per heavy atom. The molecule has 2 heterocycles. The van der Waals surface area contributed by atoms with Gasteiger partial charge in [-0.3, -0.25) is 4.90 Å². The molecule has 1 aliphatic rings. The van der Waals surface area contributed by atoms with E-state index in [4.69, 9.17) is 9.47 Å². The molecule has 0 radical (unpaired) electrons. The minimum atomic E-state index is -0.691. The molecule has 0 saturated carbocycles. The van der Waals surface area contributed by atoms with Crippen molar-refractivity contribution in [2.75, 3.05) is 37.7 Å². The second-order valence-electron chi connectivity index (χ2n) is 14.7. The van der Waals surface area contributed by atoms with Gasteiger partial charge in [0.05, 0.1) is 24.2 Å². The van der Waals surface area contributed by atoms with E-state index in [1.54, 1.807) is 12.1 Å². The summed E-state index contributed by atoms with van der Waals surface area (Å²) in [5.74, 6) is 0.306. The highest BCUT2D eigenvalue weighted by atomic mass is 19.1. The lowest BCUT2D eigenvalue weighted by atomic mass is 9.99. The van der Waals surface area contributed by atoms with Crippen LogP contribution in [0, 0.1) is 5.82 Å². The smallest absolute Gasteiger partial charge is 0.437 e. The Bertz CT molecular complexity index is 2250. The molecule has 278 valence electrons. The molecule has 6 aromatic rings. The van der Waals surface area contributed by atoms with Crippen LogP contribution in [-0.2, 0) is 24.4 Å². The molecule has 9 heteroatoms. The standard InChI is InChI=1S/C45H48FN5O3/c1-45(2,3)54-44(52)47-43-50(26-13-31-53-38-24-22-37(46)23-25-38)41-20-11-12-21-42(41)51(43)33-36-17-8-10-19-40(36)49-29-27-48(28-30-49)32-35-16-7-9-18-39(35)34-14-5-4-6-15-34/h4-12,14-25H,13,26-33H2,1-3H3/b47-43+. The third kappa shape index (κ3) is 8.92. The maximum atomic E-state index is 13.4. The number of nitrogens with zero attached hydrogens (tertiary/aromatic N) is 5. The number of benzene rings is 5. The van der Waals surface area contributed by atoms with Crippen molar-refractivity contribution in [1.82, 2.24) is 14.0 Å². The van der Waals surface area contributed by atoms with E-state index >= 15 is 0 Å². The number of fused-ring (bicyclic) bond motifs is 1. The average Bonchev–Trinajstić information content (AvgIpc) is 3.45. The fourth-order valence-corrected chi connectivity index (χ4v) is 7.16. The van der Waals surface area contributed by atoms with Gasteiger partial charge in [-0.15, -0.1) is 4.99 Å². The molecule has 54 heavy (non-hydrogen) atoms. The molecule has 0 N–H and O–H groups in total. The number of halogens is 1. The second-order valence-corrected chi connectivity index (χ2v) is 14.7. The molecule has 0 spiro atoms. The van der Waals surface area contributed by atoms with Gasteiger partial charge in [-0.25, -0.2) is 9.18 Å². The monoisotopic (exact) mass is 725 g/mol. The van der Waals surface area contributed by atoms with E-state index < -0.39 is 11.7 Å². The van der Waals surface area contributed by atoms with Crippen LogP contribution in [0.1, 0.15) is 38.3 Å². The number of imidazole rings is 1. The van der Waals surface area contributed by atoms with Crippen molar-refractivity contribution in [3.05, 3.63) is 150 Å². The van der Waals surface area contributed by atoms with E-state index in [9.17, 15) is 9.18 Å². The number of aromatic nitrogens is 2. The van der Waals surface area contributed by atoms with Crippen LogP contribution in [0.2, 0.25) is 0 Å². The number of hydrogen-bond acceptors (Lipinski definition) is 5. The van der Waals surface area contributed by atoms with Gasteiger partial charge in [0, 0.05) is 45.0 Å². The third-order valence-corrected chi connectivity index (χ3v) is 9.67. The van der Waals surface area contributed by atoms with Crippen LogP contribution in [0.15, 0.2) is 132 Å². The molecule has 1 amide bonds. The number of carbonyl (C=O) groups is 1. The highest BCUT2D eigenvalue weighted by Gasteiger charge is 2.22. The molecule has 1 fully saturated rings. The summed E-state index contributed by atoms with van der Waals surface area (Å²) >= 11 is 0. The SMILES string of the molecule is CC(C)(C)OC(=O)/N=c1\n(CCCOc2ccc(F)cc2)c2ccccc2n1Cc1ccccc1N1CCN(Cc2ccccc2-c2ccccc2)CC1. The van der Waals surface area contributed by atoms with Crippen LogP contribution in [0.3, 0.4) is 0 Å². The minimum absolute atomic E-state index is 0.302. The van der Waals surface area contributed by atoms with Crippen molar-refractivity contribution in [3.8, 4) is 16.9 Å². The number of anilines is 1. The summed E-state index contributed by atoms with van der Waals surface area (Å²) in [6.45, 7) is 11.6. The zero-order chi connectivity index (χ0) is 37.5. The Balaban J connectivity index is 1.13. The highest BCUT2D eigenvalue weighted by Crippen LogP contribution is 2.28. The number of para-hydroxylation sites is 3. The minimum Gasteiger partial charge on any atom is -0.494 e. The Hall–Kier alpha value is -5.67. The van der Waals surface area contributed by atoms with Crippen LogP contribution in [0.5, 0.6) is 5.75 Å². The van der Waals surface area contributed by atoms with Crippen LogP contribution >= 0.6 is 0 Å². The summed E-state index contributed by atoms with van der Waals surface area (Å²) in [4.78, 5) is 22.9. The number of rotatable bonds is 11. The van der Waals surface area contributed by atoms with Gasteiger partial charge in [-0.2, -0.15) is 0 Å². The van der Waals surface area contributed by atoms with E-state index in [1.807, 2.05) is 32.9 Å². The molecule has 0 aliphatic carbocycles.